The standard InChI is InChI=1S/C62H46N2/c1-41-24-36-58-54(38-41)52-35-34-49(40-59(52)62(58)56-21-11-8-18-50(56)51-19-9-12-22-57(51)62)63(47-30-25-43(26-31-47)42-14-4-2-5-15-42)48-32-27-44(28-33-48)45-29-37-61-55(39-45)53-20-10-13-23-60(53)64(61)46-16-6-3-7-17-46/h2-37,39-41,50,56H,38H2,1H3/t41-,50?,56?,62?/m1/s1. The number of allylic oxidation sites excluding steroid dienone is 8. The lowest BCUT2D eigenvalue weighted by Gasteiger charge is -2.38. The number of anilines is 3. The molecule has 0 saturated carbocycles. The SMILES string of the molecule is C[C@@H]1C=CC2=C(C1)c1ccc(N(c3ccc(-c4ccccc4)cc3)c3ccc(-c4ccc5c(c4)c4ccccc4n5-c4ccccc4)cc3)cc1C21c2ccccc2C2C=CC=CC21. The Morgan fingerprint density at radius 3 is 1.92 bits per heavy atom. The Hall–Kier alpha value is -7.68. The normalized spacial score (nSPS) is 20.2. The van der Waals surface area contributed by atoms with Crippen molar-refractivity contribution >= 4 is 44.4 Å². The van der Waals surface area contributed by atoms with Crippen LogP contribution in [0.25, 0.3) is 55.3 Å². The van der Waals surface area contributed by atoms with Crippen LogP contribution in [0.1, 0.15) is 41.5 Å². The van der Waals surface area contributed by atoms with Crippen LogP contribution in [0.2, 0.25) is 0 Å². The van der Waals surface area contributed by atoms with Crippen LogP contribution in [0, 0.1) is 11.8 Å². The molecule has 4 aliphatic carbocycles. The van der Waals surface area contributed by atoms with E-state index in [0.29, 0.717) is 17.8 Å². The second-order valence-corrected chi connectivity index (χ2v) is 18.1. The summed E-state index contributed by atoms with van der Waals surface area (Å²) in [4.78, 5) is 2.47. The molecular formula is C62H46N2. The Morgan fingerprint density at radius 2 is 1.12 bits per heavy atom. The summed E-state index contributed by atoms with van der Waals surface area (Å²) in [5.74, 6) is 1.13. The van der Waals surface area contributed by atoms with E-state index in [1.807, 2.05) is 0 Å². The minimum absolute atomic E-state index is 0.269. The van der Waals surface area contributed by atoms with Crippen LogP contribution < -0.4 is 4.90 Å². The minimum Gasteiger partial charge on any atom is -0.310 e. The van der Waals surface area contributed by atoms with Gasteiger partial charge in [-0.15, -0.1) is 0 Å². The first-order valence-electron chi connectivity index (χ1n) is 22.8. The lowest BCUT2D eigenvalue weighted by atomic mass is 9.64. The molecule has 8 aromatic carbocycles. The molecule has 1 aromatic heterocycles. The molecule has 1 spiro atoms. The molecule has 0 N–H and O–H groups in total. The molecular weight excluding hydrogens is 773 g/mol. The summed E-state index contributed by atoms with van der Waals surface area (Å²) in [6, 6.07) is 72.1. The smallest absolute Gasteiger partial charge is 0.0541 e. The second-order valence-electron chi connectivity index (χ2n) is 18.1. The molecule has 0 bridgehead atoms. The third kappa shape index (κ3) is 5.45. The molecule has 304 valence electrons. The molecule has 4 atom stereocenters. The number of rotatable bonds is 6. The predicted molar refractivity (Wildman–Crippen MR) is 268 cm³/mol. The van der Waals surface area contributed by atoms with Gasteiger partial charge in [-0.1, -0.05) is 171 Å². The number of hydrogen-bond acceptors (Lipinski definition) is 1. The van der Waals surface area contributed by atoms with Crippen LogP contribution in [-0.4, -0.2) is 4.57 Å². The molecule has 0 radical (unpaired) electrons. The highest BCUT2D eigenvalue weighted by atomic mass is 15.1. The van der Waals surface area contributed by atoms with Crippen LogP contribution in [0.3, 0.4) is 0 Å². The van der Waals surface area contributed by atoms with E-state index in [4.69, 9.17) is 0 Å². The molecule has 2 heteroatoms. The van der Waals surface area contributed by atoms with E-state index < -0.39 is 0 Å². The Bertz CT molecular complexity index is 3420. The molecule has 0 amide bonds. The van der Waals surface area contributed by atoms with Gasteiger partial charge in [-0.25, -0.2) is 0 Å². The molecule has 4 aliphatic rings. The third-order valence-corrected chi connectivity index (χ3v) is 14.6. The van der Waals surface area contributed by atoms with Crippen molar-refractivity contribution in [3.8, 4) is 27.9 Å². The van der Waals surface area contributed by atoms with Gasteiger partial charge < -0.3 is 9.47 Å². The summed E-state index contributed by atoms with van der Waals surface area (Å²) >= 11 is 0. The van der Waals surface area contributed by atoms with Gasteiger partial charge in [0.05, 0.1) is 16.4 Å². The van der Waals surface area contributed by atoms with Gasteiger partial charge in [0.25, 0.3) is 0 Å². The van der Waals surface area contributed by atoms with Gasteiger partial charge >= 0.3 is 0 Å². The first-order valence-corrected chi connectivity index (χ1v) is 22.8. The lowest BCUT2D eigenvalue weighted by Crippen LogP contribution is -2.34. The monoisotopic (exact) mass is 818 g/mol. The Labute approximate surface area is 375 Å². The fraction of sp³-hybridized carbons (Fsp3) is 0.0968. The summed E-state index contributed by atoms with van der Waals surface area (Å²) in [6.07, 6.45) is 15.5. The number of fused-ring (bicyclic) bond motifs is 12. The second kappa shape index (κ2) is 14.4. The zero-order chi connectivity index (χ0) is 42.4. The molecule has 1 heterocycles. The fourth-order valence-corrected chi connectivity index (χ4v) is 11.9. The van der Waals surface area contributed by atoms with Crippen LogP contribution in [0.15, 0.2) is 236 Å². The molecule has 13 rings (SSSR count). The van der Waals surface area contributed by atoms with Gasteiger partial charge in [-0.05, 0) is 135 Å². The number of aromatic nitrogens is 1. The molecule has 0 saturated heterocycles. The Kier molecular flexibility index (Phi) is 8.33. The highest BCUT2D eigenvalue weighted by Crippen LogP contribution is 2.66. The van der Waals surface area contributed by atoms with Crippen molar-refractivity contribution in [1.29, 1.82) is 0 Å². The van der Waals surface area contributed by atoms with Gasteiger partial charge in [-0.2, -0.15) is 0 Å². The van der Waals surface area contributed by atoms with Crippen LogP contribution >= 0.6 is 0 Å². The van der Waals surface area contributed by atoms with Crippen molar-refractivity contribution in [2.24, 2.45) is 11.8 Å². The molecule has 0 aliphatic heterocycles. The van der Waals surface area contributed by atoms with Crippen molar-refractivity contribution in [3.63, 3.8) is 0 Å². The van der Waals surface area contributed by atoms with E-state index in [-0.39, 0.29) is 5.41 Å². The maximum atomic E-state index is 2.55. The summed E-state index contributed by atoms with van der Waals surface area (Å²) in [6.45, 7) is 2.36. The zero-order valence-corrected chi connectivity index (χ0v) is 35.8. The van der Waals surface area contributed by atoms with Gasteiger partial charge in [0.1, 0.15) is 0 Å². The molecule has 3 unspecified atom stereocenters. The number of hydrogen-bond donors (Lipinski definition) is 0. The van der Waals surface area contributed by atoms with Crippen molar-refractivity contribution in [3.05, 3.63) is 258 Å². The van der Waals surface area contributed by atoms with Crippen molar-refractivity contribution in [2.75, 3.05) is 4.90 Å². The average Bonchev–Trinajstić information content (AvgIpc) is 3.96. The molecule has 9 aromatic rings. The summed E-state index contributed by atoms with van der Waals surface area (Å²) < 4.78 is 2.38. The Balaban J connectivity index is 0.959. The van der Waals surface area contributed by atoms with Gasteiger partial charge in [0, 0.05) is 45.4 Å². The maximum absolute atomic E-state index is 2.55. The largest absolute Gasteiger partial charge is 0.310 e. The first kappa shape index (κ1) is 36.9. The van der Waals surface area contributed by atoms with Crippen molar-refractivity contribution in [1.82, 2.24) is 4.57 Å². The average molecular weight is 819 g/mol. The third-order valence-electron chi connectivity index (χ3n) is 14.6. The molecule has 0 fully saturated rings. The van der Waals surface area contributed by atoms with Crippen LogP contribution in [0.5, 0.6) is 0 Å². The van der Waals surface area contributed by atoms with E-state index in [1.54, 1.807) is 0 Å². The summed E-state index contributed by atoms with van der Waals surface area (Å²) in [7, 11) is 0. The maximum Gasteiger partial charge on any atom is 0.0541 e. The quantitative estimate of drug-likeness (QED) is 0.162. The predicted octanol–water partition coefficient (Wildman–Crippen LogP) is 16.1. The van der Waals surface area contributed by atoms with Gasteiger partial charge in [0.2, 0.25) is 0 Å². The fourth-order valence-electron chi connectivity index (χ4n) is 11.9. The van der Waals surface area contributed by atoms with Gasteiger partial charge in [-0.3, -0.25) is 0 Å². The molecule has 64 heavy (non-hydrogen) atoms. The number of para-hydroxylation sites is 2. The highest BCUT2D eigenvalue weighted by Gasteiger charge is 2.57. The van der Waals surface area contributed by atoms with E-state index >= 15 is 0 Å². The van der Waals surface area contributed by atoms with Crippen molar-refractivity contribution in [2.45, 2.75) is 24.7 Å². The topological polar surface area (TPSA) is 8.17 Å². The minimum atomic E-state index is -0.269. The van der Waals surface area contributed by atoms with E-state index in [9.17, 15) is 0 Å². The summed E-state index contributed by atoms with van der Waals surface area (Å²) in [5.41, 5.74) is 20.3. The first-order chi connectivity index (χ1) is 31.6. The van der Waals surface area contributed by atoms with Crippen LogP contribution in [-0.2, 0) is 5.41 Å². The zero-order valence-electron chi connectivity index (χ0n) is 35.8. The Morgan fingerprint density at radius 1 is 0.500 bits per heavy atom. The van der Waals surface area contributed by atoms with Gasteiger partial charge in [0.15, 0.2) is 0 Å². The van der Waals surface area contributed by atoms with Crippen molar-refractivity contribution < 1.29 is 0 Å². The highest BCUT2D eigenvalue weighted by molar-refractivity contribution is 6.10. The number of benzene rings is 8. The number of nitrogens with zero attached hydrogens (tertiary/aromatic N) is 2. The van der Waals surface area contributed by atoms with Crippen LogP contribution in [0.4, 0.5) is 17.1 Å². The van der Waals surface area contributed by atoms with E-state index in [2.05, 4.69) is 247 Å². The lowest BCUT2D eigenvalue weighted by molar-refractivity contribution is 0.461. The summed E-state index contributed by atoms with van der Waals surface area (Å²) in [5, 5.41) is 2.52. The van der Waals surface area contributed by atoms with E-state index in [0.717, 1.165) is 17.8 Å². The molecule has 2 nitrogen and oxygen atoms in total. The van der Waals surface area contributed by atoms with E-state index in [1.165, 1.54) is 88.8 Å².